The summed E-state index contributed by atoms with van der Waals surface area (Å²) in [6.07, 6.45) is 0. The van der Waals surface area contributed by atoms with Gasteiger partial charge in [-0.3, -0.25) is 0 Å². The lowest BCUT2D eigenvalue weighted by atomic mass is 10.1. The molecule has 0 amide bonds. The van der Waals surface area contributed by atoms with Gasteiger partial charge in [0.15, 0.2) is 11.5 Å². The third-order valence-corrected chi connectivity index (χ3v) is 2.89. The fourth-order valence-corrected chi connectivity index (χ4v) is 2.02. The van der Waals surface area contributed by atoms with Gasteiger partial charge >= 0.3 is 0 Å². The van der Waals surface area contributed by atoms with Crippen molar-refractivity contribution in [3.05, 3.63) is 47.5 Å². The van der Waals surface area contributed by atoms with Crippen LogP contribution in [-0.2, 0) is 0 Å². The number of hydrogen-bond donors (Lipinski definition) is 0. The van der Waals surface area contributed by atoms with Crippen LogP contribution in [0.4, 0.5) is 0 Å². The van der Waals surface area contributed by atoms with Crippen LogP contribution in [-0.4, -0.2) is 14.2 Å². The maximum absolute atomic E-state index is 6.31. The van der Waals surface area contributed by atoms with E-state index >= 15 is 0 Å². The van der Waals surface area contributed by atoms with Gasteiger partial charge in [0.05, 0.1) is 19.2 Å². The summed E-state index contributed by atoms with van der Waals surface area (Å²) in [6.45, 7) is 0. The molecule has 2 aromatic rings. The van der Waals surface area contributed by atoms with Gasteiger partial charge in [-0.2, -0.15) is 0 Å². The van der Waals surface area contributed by atoms with Crippen LogP contribution in [0.2, 0.25) is 5.02 Å². The summed E-state index contributed by atoms with van der Waals surface area (Å²) in [6, 6.07) is 14.3. The summed E-state index contributed by atoms with van der Waals surface area (Å²) in [5, 5.41) is 0.554. The van der Waals surface area contributed by atoms with E-state index in [2.05, 4.69) is 6.07 Å². The van der Waals surface area contributed by atoms with Crippen LogP contribution in [0.25, 0.3) is 11.1 Å². The summed E-state index contributed by atoms with van der Waals surface area (Å²) < 4.78 is 10.5. The van der Waals surface area contributed by atoms with Gasteiger partial charge < -0.3 is 9.47 Å². The Morgan fingerprint density at radius 3 is 2.29 bits per heavy atom. The van der Waals surface area contributed by atoms with E-state index in [1.807, 2.05) is 36.4 Å². The molecule has 0 aliphatic carbocycles. The summed E-state index contributed by atoms with van der Waals surface area (Å²) in [5.41, 5.74) is 1.94. The van der Waals surface area contributed by atoms with Crippen LogP contribution >= 0.6 is 11.6 Å². The van der Waals surface area contributed by atoms with Crippen molar-refractivity contribution < 1.29 is 9.47 Å². The largest absolute Gasteiger partial charge is 0.493 e. The maximum Gasteiger partial charge on any atom is 0.180 e. The highest BCUT2D eigenvalue weighted by Gasteiger charge is 2.13. The lowest BCUT2D eigenvalue weighted by Gasteiger charge is -2.12. The molecule has 0 aliphatic heterocycles. The van der Waals surface area contributed by atoms with E-state index < -0.39 is 0 Å². The van der Waals surface area contributed by atoms with Crippen LogP contribution in [0.1, 0.15) is 0 Å². The monoisotopic (exact) mass is 247 g/mol. The van der Waals surface area contributed by atoms with Gasteiger partial charge in [-0.05, 0) is 23.8 Å². The molecule has 0 spiro atoms. The van der Waals surface area contributed by atoms with Crippen molar-refractivity contribution in [2.75, 3.05) is 14.2 Å². The van der Waals surface area contributed by atoms with Crippen molar-refractivity contribution >= 4 is 11.6 Å². The summed E-state index contributed by atoms with van der Waals surface area (Å²) in [4.78, 5) is 0. The third kappa shape index (κ3) is 2.22. The molecule has 0 aliphatic rings. The fourth-order valence-electron chi connectivity index (χ4n) is 1.68. The Hall–Kier alpha value is -1.67. The zero-order valence-electron chi connectivity index (χ0n) is 9.66. The minimum atomic E-state index is 0.554. The lowest BCUT2D eigenvalue weighted by Crippen LogP contribution is -1.92. The quantitative estimate of drug-likeness (QED) is 0.821. The van der Waals surface area contributed by atoms with Crippen LogP contribution in [0.3, 0.4) is 0 Å². The first kappa shape index (κ1) is 11.8. The Morgan fingerprint density at radius 2 is 1.71 bits per heavy atom. The number of rotatable bonds is 3. The topological polar surface area (TPSA) is 18.5 Å². The molecular formula is C14H12ClO2. The standard InChI is InChI=1S/C14H12ClO2/c1-16-12-9-8-11(13(15)14(12)17-2)10-6-4-3-5-7-10/h4-9H,1-2H3. The fraction of sp³-hybridized carbons (Fsp3) is 0.143. The Labute approximate surface area is 106 Å². The highest BCUT2D eigenvalue weighted by molar-refractivity contribution is 6.35. The summed E-state index contributed by atoms with van der Waals surface area (Å²) in [5.74, 6) is 1.18. The molecule has 2 rings (SSSR count). The Bertz CT molecular complexity index is 509. The first-order chi connectivity index (χ1) is 8.27. The molecule has 17 heavy (non-hydrogen) atoms. The number of halogens is 1. The molecule has 3 heteroatoms. The van der Waals surface area contributed by atoms with E-state index in [0.717, 1.165) is 11.1 Å². The smallest absolute Gasteiger partial charge is 0.180 e. The predicted molar refractivity (Wildman–Crippen MR) is 68.8 cm³/mol. The SMILES string of the molecule is COc1ccc(-c2cc[c]cc2)c(Cl)c1OC. The highest BCUT2D eigenvalue weighted by Crippen LogP contribution is 2.41. The molecule has 0 atom stereocenters. The molecule has 0 bridgehead atoms. The number of hydrogen-bond acceptors (Lipinski definition) is 2. The first-order valence-electron chi connectivity index (χ1n) is 5.15. The van der Waals surface area contributed by atoms with Crippen molar-refractivity contribution in [2.45, 2.75) is 0 Å². The van der Waals surface area contributed by atoms with E-state index in [1.165, 1.54) is 0 Å². The molecule has 0 saturated carbocycles. The normalized spacial score (nSPS) is 10.1. The lowest BCUT2D eigenvalue weighted by molar-refractivity contribution is 0.355. The van der Waals surface area contributed by atoms with Gasteiger partial charge in [-0.15, -0.1) is 0 Å². The van der Waals surface area contributed by atoms with Gasteiger partial charge in [0.2, 0.25) is 0 Å². The highest BCUT2D eigenvalue weighted by atomic mass is 35.5. The molecule has 0 saturated heterocycles. The van der Waals surface area contributed by atoms with Crippen molar-refractivity contribution in [3.8, 4) is 22.6 Å². The Kier molecular flexibility index (Phi) is 3.55. The average molecular weight is 248 g/mol. The van der Waals surface area contributed by atoms with E-state index in [4.69, 9.17) is 21.1 Å². The molecule has 2 nitrogen and oxygen atoms in total. The van der Waals surface area contributed by atoms with E-state index in [9.17, 15) is 0 Å². The second kappa shape index (κ2) is 5.11. The number of benzene rings is 2. The summed E-state index contributed by atoms with van der Waals surface area (Å²) >= 11 is 6.31. The van der Waals surface area contributed by atoms with E-state index in [1.54, 1.807) is 14.2 Å². The van der Waals surface area contributed by atoms with Crippen LogP contribution in [0.5, 0.6) is 11.5 Å². The third-order valence-electron chi connectivity index (χ3n) is 2.51. The number of methoxy groups -OCH3 is 2. The van der Waals surface area contributed by atoms with Gasteiger partial charge in [0.25, 0.3) is 0 Å². The van der Waals surface area contributed by atoms with Gasteiger partial charge in [0.1, 0.15) is 0 Å². The van der Waals surface area contributed by atoms with Crippen molar-refractivity contribution in [1.82, 2.24) is 0 Å². The molecular weight excluding hydrogens is 236 g/mol. The minimum absolute atomic E-state index is 0.554. The molecule has 0 fully saturated rings. The molecule has 0 unspecified atom stereocenters. The van der Waals surface area contributed by atoms with Gasteiger partial charge in [0, 0.05) is 5.56 Å². The predicted octanol–water partition coefficient (Wildman–Crippen LogP) is 3.82. The van der Waals surface area contributed by atoms with Crippen LogP contribution in [0, 0.1) is 6.07 Å². The molecule has 1 radical (unpaired) electrons. The average Bonchev–Trinajstić information content (AvgIpc) is 2.39. The second-order valence-corrected chi connectivity index (χ2v) is 3.83. The van der Waals surface area contributed by atoms with Gasteiger partial charge in [-0.25, -0.2) is 0 Å². The Balaban J connectivity index is 2.57. The number of ether oxygens (including phenoxy) is 2. The van der Waals surface area contributed by atoms with E-state index in [0.29, 0.717) is 16.5 Å². The zero-order chi connectivity index (χ0) is 12.3. The Morgan fingerprint density at radius 1 is 1.00 bits per heavy atom. The summed E-state index contributed by atoms with van der Waals surface area (Å²) in [7, 11) is 3.16. The molecule has 0 heterocycles. The molecule has 87 valence electrons. The second-order valence-electron chi connectivity index (χ2n) is 3.45. The minimum Gasteiger partial charge on any atom is -0.493 e. The molecule has 0 aromatic heterocycles. The van der Waals surface area contributed by atoms with Crippen molar-refractivity contribution in [3.63, 3.8) is 0 Å². The zero-order valence-corrected chi connectivity index (χ0v) is 10.4. The maximum atomic E-state index is 6.31. The molecule has 2 aromatic carbocycles. The van der Waals surface area contributed by atoms with Crippen LogP contribution < -0.4 is 9.47 Å². The van der Waals surface area contributed by atoms with E-state index in [-0.39, 0.29) is 0 Å². The first-order valence-corrected chi connectivity index (χ1v) is 5.52. The van der Waals surface area contributed by atoms with Crippen LogP contribution in [0.15, 0.2) is 36.4 Å². The van der Waals surface area contributed by atoms with Crippen molar-refractivity contribution in [2.24, 2.45) is 0 Å². The molecule has 0 N–H and O–H groups in total. The van der Waals surface area contributed by atoms with Crippen molar-refractivity contribution in [1.29, 1.82) is 0 Å². The van der Waals surface area contributed by atoms with Gasteiger partial charge in [-0.1, -0.05) is 35.9 Å².